The Morgan fingerprint density at radius 1 is 1.00 bits per heavy atom. The number of amides is 2. The summed E-state index contributed by atoms with van der Waals surface area (Å²) in [5, 5.41) is 2.88. The van der Waals surface area contributed by atoms with Crippen LogP contribution >= 0.6 is 0 Å². The number of nitrogens with one attached hydrogen (secondary N) is 1. The van der Waals surface area contributed by atoms with Crippen LogP contribution in [0.3, 0.4) is 0 Å². The molecular weight excluding hydrogens is 471 g/mol. The highest BCUT2D eigenvalue weighted by atomic mass is 32.2. The topological polar surface area (TPSA) is 90.0 Å². The van der Waals surface area contributed by atoms with Crippen LogP contribution in [0.2, 0.25) is 0 Å². The molecule has 2 rings (SSSR count). The van der Waals surface area contributed by atoms with Crippen molar-refractivity contribution in [3.8, 4) is 0 Å². The first kappa shape index (κ1) is 28.3. The van der Waals surface area contributed by atoms with Crippen LogP contribution in [0.1, 0.15) is 33.3 Å². The van der Waals surface area contributed by atoms with Gasteiger partial charge in [-0.2, -0.15) is 12.7 Å². The first-order chi connectivity index (χ1) is 16.2. The second-order valence-electron chi connectivity index (χ2n) is 9.51. The predicted octanol–water partition coefficient (Wildman–Crippen LogP) is 2.81. The normalized spacial score (nSPS) is 12.8. The molecule has 10 heteroatoms. The summed E-state index contributed by atoms with van der Waals surface area (Å²) in [6.07, 6.45) is 0.483. The van der Waals surface area contributed by atoms with Gasteiger partial charge in [0.2, 0.25) is 11.8 Å². The van der Waals surface area contributed by atoms with Crippen molar-refractivity contribution in [2.24, 2.45) is 0 Å². The third-order valence-corrected chi connectivity index (χ3v) is 7.10. The lowest BCUT2D eigenvalue weighted by Crippen LogP contribution is -2.55. The van der Waals surface area contributed by atoms with E-state index in [1.165, 1.54) is 31.1 Å². The highest BCUT2D eigenvalue weighted by Crippen LogP contribution is 2.21. The van der Waals surface area contributed by atoms with Crippen molar-refractivity contribution in [1.82, 2.24) is 14.5 Å². The average Bonchev–Trinajstić information content (AvgIpc) is 2.77. The second-order valence-corrected chi connectivity index (χ2v) is 11.6. The summed E-state index contributed by atoms with van der Waals surface area (Å²) in [6.45, 7) is 6.80. The third-order valence-electron chi connectivity index (χ3n) is 5.28. The van der Waals surface area contributed by atoms with Gasteiger partial charge in [0.15, 0.2) is 0 Å². The summed E-state index contributed by atoms with van der Waals surface area (Å²) >= 11 is 0. The smallest absolute Gasteiger partial charge is 0.304 e. The predicted molar refractivity (Wildman–Crippen MR) is 136 cm³/mol. The van der Waals surface area contributed by atoms with Gasteiger partial charge in [0.1, 0.15) is 18.4 Å². The van der Waals surface area contributed by atoms with E-state index in [0.717, 1.165) is 26.3 Å². The van der Waals surface area contributed by atoms with E-state index < -0.39 is 40.1 Å². The van der Waals surface area contributed by atoms with Crippen molar-refractivity contribution in [2.45, 2.75) is 45.7 Å². The van der Waals surface area contributed by atoms with Crippen LogP contribution in [0.5, 0.6) is 0 Å². The first-order valence-electron chi connectivity index (χ1n) is 11.3. The lowest BCUT2D eigenvalue weighted by Gasteiger charge is -2.34. The molecule has 0 unspecified atom stereocenters. The van der Waals surface area contributed by atoms with Gasteiger partial charge >= 0.3 is 10.2 Å². The van der Waals surface area contributed by atoms with Gasteiger partial charge in [-0.05, 0) is 63.9 Å². The van der Waals surface area contributed by atoms with Gasteiger partial charge in [0, 0.05) is 26.2 Å². The Morgan fingerprint density at radius 3 is 2.09 bits per heavy atom. The summed E-state index contributed by atoms with van der Waals surface area (Å²) in [7, 11) is -1.38. The molecule has 0 saturated heterocycles. The van der Waals surface area contributed by atoms with Crippen LogP contribution in [-0.2, 0) is 26.2 Å². The summed E-state index contributed by atoms with van der Waals surface area (Å²) in [5.74, 6) is -1.42. The number of halogens is 1. The van der Waals surface area contributed by atoms with Crippen molar-refractivity contribution >= 4 is 27.7 Å². The molecule has 0 aliphatic rings. The van der Waals surface area contributed by atoms with E-state index in [9.17, 15) is 22.4 Å². The molecule has 0 spiro atoms. The van der Waals surface area contributed by atoms with Crippen molar-refractivity contribution < 1.29 is 22.4 Å². The molecule has 0 heterocycles. The number of hydrogen-bond donors (Lipinski definition) is 1. The van der Waals surface area contributed by atoms with E-state index in [4.69, 9.17) is 0 Å². The van der Waals surface area contributed by atoms with Gasteiger partial charge in [0.05, 0.1) is 5.69 Å². The summed E-state index contributed by atoms with van der Waals surface area (Å²) in [6, 6.07) is 13.5. The minimum absolute atomic E-state index is 0.142. The van der Waals surface area contributed by atoms with Crippen molar-refractivity contribution in [3.05, 3.63) is 66.0 Å². The minimum atomic E-state index is -4.08. The van der Waals surface area contributed by atoms with Gasteiger partial charge in [-0.25, -0.2) is 8.70 Å². The molecule has 0 aliphatic heterocycles. The van der Waals surface area contributed by atoms with Crippen LogP contribution in [-0.4, -0.2) is 68.2 Å². The molecule has 0 aromatic heterocycles. The largest absolute Gasteiger partial charge is 0.350 e. The number of carbonyl (C=O) groups is 2. The fraction of sp³-hybridized carbons (Fsp3) is 0.440. The first-order valence-corrected chi connectivity index (χ1v) is 12.7. The van der Waals surface area contributed by atoms with E-state index in [2.05, 4.69) is 5.32 Å². The highest BCUT2D eigenvalue weighted by molar-refractivity contribution is 7.90. The van der Waals surface area contributed by atoms with Crippen molar-refractivity contribution in [3.63, 3.8) is 0 Å². The zero-order chi connectivity index (χ0) is 26.4. The zero-order valence-electron chi connectivity index (χ0n) is 21.2. The lowest BCUT2D eigenvalue weighted by atomic mass is 10.1. The third kappa shape index (κ3) is 8.03. The van der Waals surface area contributed by atoms with E-state index in [1.54, 1.807) is 6.92 Å². The molecule has 0 bridgehead atoms. The zero-order valence-corrected chi connectivity index (χ0v) is 22.0. The van der Waals surface area contributed by atoms with Crippen LogP contribution in [0.4, 0.5) is 10.1 Å². The van der Waals surface area contributed by atoms with Crippen LogP contribution < -0.4 is 9.62 Å². The molecule has 1 N–H and O–H groups in total. The molecule has 2 amide bonds. The molecular formula is C25H35FN4O4S. The van der Waals surface area contributed by atoms with Crippen LogP contribution in [0, 0.1) is 5.82 Å². The van der Waals surface area contributed by atoms with Gasteiger partial charge < -0.3 is 10.2 Å². The molecule has 2 aromatic carbocycles. The Balaban J connectivity index is 2.38. The average molecular weight is 507 g/mol. The van der Waals surface area contributed by atoms with E-state index in [1.807, 2.05) is 51.1 Å². The monoisotopic (exact) mass is 506 g/mol. The number of anilines is 1. The van der Waals surface area contributed by atoms with Gasteiger partial charge in [-0.15, -0.1) is 0 Å². The second kappa shape index (κ2) is 11.6. The maximum absolute atomic E-state index is 13.5. The van der Waals surface area contributed by atoms with E-state index >= 15 is 0 Å². The molecule has 0 aliphatic carbocycles. The van der Waals surface area contributed by atoms with Crippen molar-refractivity contribution in [2.75, 3.05) is 31.5 Å². The van der Waals surface area contributed by atoms with Crippen LogP contribution in [0.15, 0.2) is 54.6 Å². The summed E-state index contributed by atoms with van der Waals surface area (Å²) in [4.78, 5) is 27.9. The molecule has 0 saturated carbocycles. The van der Waals surface area contributed by atoms with E-state index in [-0.39, 0.29) is 18.1 Å². The molecule has 35 heavy (non-hydrogen) atoms. The van der Waals surface area contributed by atoms with Gasteiger partial charge in [-0.3, -0.25) is 9.59 Å². The number of rotatable bonds is 10. The highest BCUT2D eigenvalue weighted by Gasteiger charge is 2.33. The maximum atomic E-state index is 13.5. The van der Waals surface area contributed by atoms with E-state index in [0.29, 0.717) is 6.42 Å². The standard InChI is InChI=1S/C25H35FN4O4S/c1-19(24(32)27-25(2,3)4)29(17-16-20-10-8-7-9-11-20)23(31)18-30(35(33,34)28(5)6)22-14-12-21(26)13-15-22/h7-15,19H,16-18H2,1-6H3,(H,27,32)/t19-/m0/s1. The molecule has 8 nitrogen and oxygen atoms in total. The Bertz CT molecular complexity index is 1100. The summed E-state index contributed by atoms with van der Waals surface area (Å²) < 4.78 is 41.5. The molecule has 0 fully saturated rings. The maximum Gasteiger partial charge on any atom is 0.304 e. The van der Waals surface area contributed by atoms with Crippen LogP contribution in [0.25, 0.3) is 0 Å². The SMILES string of the molecule is C[C@@H](C(=O)NC(C)(C)C)N(CCc1ccccc1)C(=O)CN(c1ccc(F)cc1)S(=O)(=O)N(C)C. The quantitative estimate of drug-likeness (QED) is 0.537. The fourth-order valence-corrected chi connectivity index (χ4v) is 4.42. The number of benzene rings is 2. The molecule has 2 aromatic rings. The Hall–Kier alpha value is -2.98. The lowest BCUT2D eigenvalue weighted by molar-refractivity contribution is -0.139. The minimum Gasteiger partial charge on any atom is -0.350 e. The number of carbonyl (C=O) groups excluding carboxylic acids is 2. The molecule has 192 valence electrons. The fourth-order valence-electron chi connectivity index (χ4n) is 3.37. The summed E-state index contributed by atoms with van der Waals surface area (Å²) in [5.41, 5.74) is 0.613. The number of nitrogens with zero attached hydrogens (tertiary/aromatic N) is 3. The Morgan fingerprint density at radius 2 is 1.57 bits per heavy atom. The molecule has 0 radical (unpaired) electrons. The van der Waals surface area contributed by atoms with Gasteiger partial charge in [-0.1, -0.05) is 30.3 Å². The molecule has 1 atom stereocenters. The Labute approximate surface area is 207 Å². The van der Waals surface area contributed by atoms with Gasteiger partial charge in [0.25, 0.3) is 0 Å². The van der Waals surface area contributed by atoms with Crippen molar-refractivity contribution in [1.29, 1.82) is 0 Å². The number of hydrogen-bond acceptors (Lipinski definition) is 4. The Kier molecular flexibility index (Phi) is 9.39.